The van der Waals surface area contributed by atoms with Gasteiger partial charge in [-0.2, -0.15) is 9.67 Å². The van der Waals surface area contributed by atoms with Crippen LogP contribution >= 0.6 is 6.72 Å². The number of hydrogen-bond acceptors (Lipinski definition) is 17. The Morgan fingerprint density at radius 3 is 2.83 bits per heavy atom. The second-order valence-electron chi connectivity index (χ2n) is 9.61. The number of imidazole rings is 1. The van der Waals surface area contributed by atoms with E-state index < -0.39 is 55.3 Å². The maximum atomic E-state index is 12.2. The van der Waals surface area contributed by atoms with Crippen LogP contribution in [0.15, 0.2) is 17.4 Å². The van der Waals surface area contributed by atoms with Gasteiger partial charge in [0, 0.05) is 13.5 Å². The minimum absolute atomic E-state index is 0.00439. The van der Waals surface area contributed by atoms with Gasteiger partial charge in [-0.3, -0.25) is 14.3 Å². The Hall–Kier alpha value is -3.24. The largest absolute Gasteiger partial charge is 0.394 e. The minimum Gasteiger partial charge on any atom is -0.394 e. The number of aromatic nitrogens is 9. The maximum Gasteiger partial charge on any atom is 0.325 e. The summed E-state index contributed by atoms with van der Waals surface area (Å²) in [7, 11) is 1.34. The molecule has 8 N–H and O–H groups in total. The Morgan fingerprint density at radius 1 is 1.26 bits per heavy atom. The number of ether oxygens (including phenoxy) is 3. The molecule has 4 aromatic heterocycles. The van der Waals surface area contributed by atoms with Gasteiger partial charge in [0.2, 0.25) is 5.95 Å². The first-order chi connectivity index (χ1) is 20.1. The number of fused-ring (bicyclic) bond motifs is 2. The van der Waals surface area contributed by atoms with Crippen molar-refractivity contribution in [3.8, 4) is 0 Å². The van der Waals surface area contributed by atoms with Crippen LogP contribution in [0.1, 0.15) is 18.9 Å². The first kappa shape index (κ1) is 28.9. The van der Waals surface area contributed by atoms with Crippen molar-refractivity contribution < 1.29 is 38.4 Å². The summed E-state index contributed by atoms with van der Waals surface area (Å²) in [5.74, 6) is -0.0192. The summed E-state index contributed by atoms with van der Waals surface area (Å²) in [6, 6.07) is 0. The van der Waals surface area contributed by atoms with Gasteiger partial charge in [-0.1, -0.05) is 5.21 Å². The van der Waals surface area contributed by atoms with E-state index in [-0.39, 0.29) is 42.6 Å². The molecule has 4 aromatic rings. The number of aromatic amines is 1. The summed E-state index contributed by atoms with van der Waals surface area (Å²) >= 11 is 5.28. The summed E-state index contributed by atoms with van der Waals surface area (Å²) < 4.78 is 31.3. The van der Waals surface area contributed by atoms with E-state index in [4.69, 9.17) is 46.5 Å². The predicted molar refractivity (Wildman–Crippen MR) is 144 cm³/mol. The number of H-pyrrole nitrogens is 1. The van der Waals surface area contributed by atoms with Crippen LogP contribution in [0.2, 0.25) is 0 Å². The lowest BCUT2D eigenvalue weighted by Gasteiger charge is -2.32. The van der Waals surface area contributed by atoms with Crippen molar-refractivity contribution in [3.63, 3.8) is 0 Å². The lowest BCUT2D eigenvalue weighted by atomic mass is 10.00. The summed E-state index contributed by atoms with van der Waals surface area (Å²) in [5.41, 5.74) is 10.00. The highest BCUT2D eigenvalue weighted by Gasteiger charge is 2.52. The summed E-state index contributed by atoms with van der Waals surface area (Å²) in [4.78, 5) is 41.9. The average Bonchev–Trinajstić information content (AvgIpc) is 3.72. The first-order valence-electron chi connectivity index (χ1n) is 12.4. The Bertz CT molecular complexity index is 1730. The Kier molecular flexibility index (Phi) is 7.42. The molecular formula is C20H26N11O9PS. The fourth-order valence-electron chi connectivity index (χ4n) is 4.88. The molecule has 2 fully saturated rings. The molecule has 2 saturated heterocycles. The molecule has 0 bridgehead atoms. The number of nitrogen functional groups attached to an aromatic ring is 2. The third kappa shape index (κ3) is 4.92. The summed E-state index contributed by atoms with van der Waals surface area (Å²) in [6.07, 6.45) is -2.44. The number of hydrogen-bond donors (Lipinski definition) is 6. The van der Waals surface area contributed by atoms with Crippen LogP contribution in [-0.4, -0.2) is 110 Å². The van der Waals surface area contributed by atoms with Crippen molar-refractivity contribution in [1.82, 2.24) is 44.5 Å². The highest BCUT2D eigenvalue weighted by atomic mass is 32.5. The van der Waals surface area contributed by atoms with Crippen molar-refractivity contribution >= 4 is 52.6 Å². The van der Waals surface area contributed by atoms with Crippen molar-refractivity contribution in [1.29, 1.82) is 0 Å². The molecular weight excluding hydrogens is 601 g/mol. The summed E-state index contributed by atoms with van der Waals surface area (Å²) in [5, 5.41) is 28.7. The van der Waals surface area contributed by atoms with E-state index in [2.05, 4.69) is 35.2 Å². The van der Waals surface area contributed by atoms with Crippen LogP contribution in [0.3, 0.4) is 0 Å². The van der Waals surface area contributed by atoms with Crippen LogP contribution in [0.5, 0.6) is 0 Å². The molecule has 226 valence electrons. The first-order valence-corrected chi connectivity index (χ1v) is 15.0. The molecule has 2 aliphatic heterocycles. The van der Waals surface area contributed by atoms with Crippen LogP contribution < -0.4 is 17.0 Å². The molecule has 0 amide bonds. The zero-order valence-corrected chi connectivity index (χ0v) is 23.5. The van der Waals surface area contributed by atoms with Gasteiger partial charge in [0.25, 0.3) is 5.56 Å². The van der Waals surface area contributed by atoms with Crippen molar-refractivity contribution in [3.05, 3.63) is 23.0 Å². The number of aliphatic hydroxyl groups is 2. The van der Waals surface area contributed by atoms with E-state index in [1.165, 1.54) is 24.3 Å². The molecule has 0 aromatic carbocycles. The van der Waals surface area contributed by atoms with Crippen molar-refractivity contribution in [2.24, 2.45) is 0 Å². The molecule has 1 unspecified atom stereocenters. The quantitative estimate of drug-likeness (QED) is 0.106. The number of nitrogens with one attached hydrogen (secondary N) is 1. The Morgan fingerprint density at radius 2 is 2.07 bits per heavy atom. The van der Waals surface area contributed by atoms with E-state index >= 15 is 0 Å². The molecule has 0 aliphatic carbocycles. The normalized spacial score (nSPS) is 29.5. The van der Waals surface area contributed by atoms with Gasteiger partial charge in [0.05, 0.1) is 32.3 Å². The van der Waals surface area contributed by atoms with Gasteiger partial charge in [0.15, 0.2) is 35.1 Å². The minimum atomic E-state index is -4.06. The third-order valence-corrected chi connectivity index (χ3v) is 8.63. The molecule has 20 nitrogen and oxygen atoms in total. The fraction of sp³-hybridized carbons (Fsp3) is 0.550. The van der Waals surface area contributed by atoms with Crippen LogP contribution in [0.4, 0.5) is 11.8 Å². The van der Waals surface area contributed by atoms with Crippen LogP contribution in [0.25, 0.3) is 22.3 Å². The van der Waals surface area contributed by atoms with Gasteiger partial charge in [-0.05, 0) is 11.8 Å². The lowest BCUT2D eigenvalue weighted by molar-refractivity contribution is -0.110. The molecule has 7 atom stereocenters. The number of aliphatic hydroxyl groups excluding tert-OH is 2. The zero-order chi connectivity index (χ0) is 29.8. The maximum absolute atomic E-state index is 12.2. The van der Waals surface area contributed by atoms with Gasteiger partial charge < -0.3 is 49.8 Å². The van der Waals surface area contributed by atoms with Gasteiger partial charge in [-0.15, -0.1) is 5.10 Å². The van der Waals surface area contributed by atoms with Crippen LogP contribution in [-0.2, 0) is 35.1 Å². The van der Waals surface area contributed by atoms with Gasteiger partial charge >= 0.3 is 6.72 Å². The van der Waals surface area contributed by atoms with E-state index in [9.17, 15) is 19.9 Å². The van der Waals surface area contributed by atoms with Crippen LogP contribution in [0, 0.1) is 0 Å². The smallest absolute Gasteiger partial charge is 0.325 e. The summed E-state index contributed by atoms with van der Waals surface area (Å²) in [6.45, 7) is -5.03. The van der Waals surface area contributed by atoms with E-state index in [0.29, 0.717) is 11.2 Å². The second-order valence-corrected chi connectivity index (χ2v) is 12.4. The molecule has 42 heavy (non-hydrogen) atoms. The fourth-order valence-corrected chi connectivity index (χ4v) is 6.35. The number of anilines is 2. The molecule has 0 radical (unpaired) electrons. The highest BCUT2D eigenvalue weighted by molar-refractivity contribution is 8.07. The standard InChI is InChI=1S/C20H26N11O9PS/c1-36-20(4-37-18(12(20)33)30-7-25-10-13(21)23-6-24-14(10)30)5-38-41(35,42)40-9-2-8(3-32)39-17(9)31-15-11(28-29-31)16(34)27-19(22)26-15/h6-9,12,17-18,32-33H,2-5H2,1H3,(H,35,42)(H2,21,23,24)(H3,22,26,27,34)/t8-,9+,12-,17+,18+,20+,41?/m0/s1. The molecule has 22 heteroatoms. The predicted octanol–water partition coefficient (Wildman–Crippen LogP) is -2.31. The van der Waals surface area contributed by atoms with E-state index in [1.807, 2.05) is 0 Å². The molecule has 6 heterocycles. The molecule has 2 aliphatic rings. The van der Waals surface area contributed by atoms with E-state index in [0.717, 1.165) is 4.68 Å². The number of methoxy groups -OCH3 is 1. The molecule has 6 rings (SSSR count). The topological polar surface area (TPSA) is 279 Å². The molecule has 0 spiro atoms. The third-order valence-electron chi connectivity index (χ3n) is 7.06. The molecule has 0 saturated carbocycles. The van der Waals surface area contributed by atoms with Gasteiger partial charge in [-0.25, -0.2) is 15.0 Å². The second kappa shape index (κ2) is 10.8. The number of nitrogens with two attached hydrogens (primary N) is 2. The zero-order valence-electron chi connectivity index (χ0n) is 21.7. The Labute approximate surface area is 239 Å². The van der Waals surface area contributed by atoms with Crippen molar-refractivity contribution in [2.75, 3.05) is 38.4 Å². The van der Waals surface area contributed by atoms with Gasteiger partial charge in [0.1, 0.15) is 29.7 Å². The number of rotatable bonds is 9. The lowest BCUT2D eigenvalue weighted by Crippen LogP contribution is -2.48. The highest BCUT2D eigenvalue weighted by Crippen LogP contribution is 2.51. The SMILES string of the molecule is CO[C@@]1(COP(O)(=S)O[C@@H]2C[C@@H](CO)O[C@H]2n2nnc3c(=O)[nH]c(N)nc32)CO[C@@H](n2cnc3c(N)ncnc32)[C@@H]1O. The Balaban J connectivity index is 1.20. The average molecular weight is 628 g/mol. The number of nitrogens with zero attached hydrogens (tertiary/aromatic N) is 8. The van der Waals surface area contributed by atoms with E-state index in [1.54, 1.807) is 0 Å². The monoisotopic (exact) mass is 627 g/mol. The van der Waals surface area contributed by atoms with Crippen molar-refractivity contribution in [2.45, 2.75) is 42.8 Å².